The lowest BCUT2D eigenvalue weighted by molar-refractivity contribution is 0.103. The van der Waals surface area contributed by atoms with Gasteiger partial charge in [-0.15, -0.1) is 0 Å². The largest absolute Gasteiger partial charge is 0.362 e. The van der Waals surface area contributed by atoms with Gasteiger partial charge in [-0.3, -0.25) is 9.36 Å². The molecule has 184 valence electrons. The highest BCUT2D eigenvalue weighted by Gasteiger charge is 2.62. The molecule has 1 aliphatic carbocycles. The van der Waals surface area contributed by atoms with E-state index in [1.165, 1.54) is 36.4 Å². The van der Waals surface area contributed by atoms with Gasteiger partial charge in [0.2, 0.25) is 15.8 Å². The summed E-state index contributed by atoms with van der Waals surface area (Å²) >= 11 is 18.9. The Morgan fingerprint density at radius 1 is 0.912 bits per heavy atom. The SMILES string of the molecule is CC(C)OP(=O)(OC(C)C)C1(NS(=O)(=O)c2ccc(Cl)cc2)C(Cl)=C(Cl)C(=O)c2ccccc21. The number of allylic oxidation sites excluding steroid dienone is 1. The second-order valence-corrected chi connectivity index (χ2v) is 13.0. The lowest BCUT2D eigenvalue weighted by Crippen LogP contribution is -2.50. The predicted octanol–water partition coefficient (Wildman–Crippen LogP) is 6.40. The van der Waals surface area contributed by atoms with Gasteiger partial charge in [0, 0.05) is 16.1 Å². The van der Waals surface area contributed by atoms with Crippen LogP contribution in [-0.2, 0) is 28.9 Å². The second-order valence-electron chi connectivity index (χ2n) is 8.08. The Labute approximate surface area is 214 Å². The van der Waals surface area contributed by atoms with Gasteiger partial charge < -0.3 is 9.05 Å². The quantitative estimate of drug-likeness (QED) is 0.371. The van der Waals surface area contributed by atoms with E-state index < -0.39 is 51.0 Å². The number of halogens is 3. The van der Waals surface area contributed by atoms with Crippen LogP contribution in [0.25, 0.3) is 0 Å². The molecule has 1 atom stereocenters. The number of fused-ring (bicyclic) bond motifs is 1. The molecular formula is C22H23Cl3NO6PS. The van der Waals surface area contributed by atoms with Crippen molar-refractivity contribution in [2.75, 3.05) is 0 Å². The molecule has 3 rings (SSSR count). The molecule has 0 saturated heterocycles. The summed E-state index contributed by atoms with van der Waals surface area (Å²) in [6.45, 7) is 6.43. The summed E-state index contributed by atoms with van der Waals surface area (Å²) in [6.07, 6.45) is -1.34. The van der Waals surface area contributed by atoms with E-state index in [4.69, 9.17) is 43.9 Å². The Bertz CT molecular complexity index is 1280. The van der Waals surface area contributed by atoms with Crippen LogP contribution >= 0.6 is 42.4 Å². The molecule has 0 radical (unpaired) electrons. The molecule has 2 aromatic rings. The van der Waals surface area contributed by atoms with Gasteiger partial charge in [-0.25, -0.2) is 8.42 Å². The number of carbonyl (C=O) groups is 1. The zero-order chi connectivity index (χ0) is 25.5. The van der Waals surface area contributed by atoms with Crippen LogP contribution in [0.1, 0.15) is 43.6 Å². The summed E-state index contributed by atoms with van der Waals surface area (Å²) in [5.41, 5.74) is 0.00668. The molecule has 1 N–H and O–H groups in total. The molecule has 7 nitrogen and oxygen atoms in total. The fourth-order valence-corrected chi connectivity index (χ4v) is 8.90. The monoisotopic (exact) mass is 565 g/mol. The van der Waals surface area contributed by atoms with Crippen LogP contribution in [0.3, 0.4) is 0 Å². The second kappa shape index (κ2) is 10.0. The van der Waals surface area contributed by atoms with Gasteiger partial charge in [0.15, 0.2) is 5.28 Å². The van der Waals surface area contributed by atoms with Crippen molar-refractivity contribution in [2.45, 2.75) is 50.1 Å². The third-order valence-corrected chi connectivity index (χ3v) is 10.5. The molecule has 0 heterocycles. The number of benzene rings is 2. The molecule has 0 amide bonds. The smallest absolute Gasteiger partial charge is 0.304 e. The van der Waals surface area contributed by atoms with Crippen molar-refractivity contribution < 1.29 is 26.8 Å². The maximum absolute atomic E-state index is 14.6. The van der Waals surface area contributed by atoms with E-state index in [0.717, 1.165) is 0 Å². The highest BCUT2D eigenvalue weighted by Crippen LogP contribution is 2.70. The highest BCUT2D eigenvalue weighted by molar-refractivity contribution is 7.90. The van der Waals surface area contributed by atoms with Crippen LogP contribution < -0.4 is 4.72 Å². The Morgan fingerprint density at radius 3 is 1.97 bits per heavy atom. The number of ketones is 1. The first-order chi connectivity index (χ1) is 15.7. The van der Waals surface area contributed by atoms with E-state index in [0.29, 0.717) is 5.02 Å². The minimum atomic E-state index is -4.56. The summed E-state index contributed by atoms with van der Waals surface area (Å²) in [4.78, 5) is 12.7. The van der Waals surface area contributed by atoms with Gasteiger partial charge in [0.1, 0.15) is 5.03 Å². The van der Waals surface area contributed by atoms with Crippen molar-refractivity contribution in [1.29, 1.82) is 0 Å². The third kappa shape index (κ3) is 4.88. The molecule has 12 heteroatoms. The van der Waals surface area contributed by atoms with Crippen molar-refractivity contribution in [2.24, 2.45) is 0 Å². The van der Waals surface area contributed by atoms with Crippen LogP contribution in [0.15, 0.2) is 63.5 Å². The van der Waals surface area contributed by atoms with Crippen LogP contribution in [0, 0.1) is 0 Å². The van der Waals surface area contributed by atoms with E-state index >= 15 is 0 Å². The Kier molecular flexibility index (Phi) is 8.08. The number of nitrogens with one attached hydrogen (secondary N) is 1. The van der Waals surface area contributed by atoms with Crippen molar-refractivity contribution in [3.8, 4) is 0 Å². The van der Waals surface area contributed by atoms with Crippen LogP contribution in [0.2, 0.25) is 5.02 Å². The predicted molar refractivity (Wildman–Crippen MR) is 133 cm³/mol. The van der Waals surface area contributed by atoms with Gasteiger partial charge in [0.25, 0.3) is 0 Å². The van der Waals surface area contributed by atoms with Crippen LogP contribution in [0.5, 0.6) is 0 Å². The zero-order valence-corrected chi connectivity index (χ0v) is 22.7. The molecule has 34 heavy (non-hydrogen) atoms. The average molecular weight is 567 g/mol. The van der Waals surface area contributed by atoms with Gasteiger partial charge in [-0.05, 0) is 52.0 Å². The first-order valence-corrected chi connectivity index (χ1v) is 14.4. The fraction of sp³-hybridized carbons (Fsp3) is 0.318. The summed E-state index contributed by atoms with van der Waals surface area (Å²) in [5.74, 6) is -0.649. The standard InChI is InChI=1S/C22H23Cl3NO6PS/c1-13(2)31-33(28,32-14(3)4)22(26-34(29,30)16-11-9-15(23)10-12-16)18-8-6-5-7-17(18)20(27)19(24)21(22)25/h5-14,26H,1-4H3. The molecule has 0 aromatic heterocycles. The lowest BCUT2D eigenvalue weighted by Gasteiger charge is -2.43. The van der Waals surface area contributed by atoms with E-state index in [1.54, 1.807) is 39.8 Å². The van der Waals surface area contributed by atoms with Crippen LogP contribution in [0.4, 0.5) is 0 Å². The minimum Gasteiger partial charge on any atom is -0.304 e. The number of rotatable bonds is 8. The van der Waals surface area contributed by atoms with E-state index in [-0.39, 0.29) is 16.0 Å². The number of hydrogen-bond donors (Lipinski definition) is 1. The fourth-order valence-electron chi connectivity index (χ4n) is 3.52. The lowest BCUT2D eigenvalue weighted by atomic mass is 9.91. The maximum atomic E-state index is 14.6. The molecule has 1 aliphatic rings. The molecule has 0 bridgehead atoms. The molecular weight excluding hydrogens is 544 g/mol. The van der Waals surface area contributed by atoms with Crippen molar-refractivity contribution in [1.82, 2.24) is 4.72 Å². The Balaban J connectivity index is 2.42. The Hall–Kier alpha value is -1.22. The Morgan fingerprint density at radius 2 is 1.44 bits per heavy atom. The number of carbonyl (C=O) groups excluding carboxylic acids is 1. The van der Waals surface area contributed by atoms with Crippen molar-refractivity contribution in [3.63, 3.8) is 0 Å². The van der Waals surface area contributed by atoms with E-state index in [2.05, 4.69) is 4.72 Å². The minimum absolute atomic E-state index is 0.00317. The first-order valence-electron chi connectivity index (χ1n) is 10.2. The zero-order valence-electron chi connectivity index (χ0n) is 18.7. The molecule has 2 aromatic carbocycles. The highest BCUT2D eigenvalue weighted by atomic mass is 35.5. The summed E-state index contributed by atoms with van der Waals surface area (Å²) < 4.78 is 55.8. The van der Waals surface area contributed by atoms with Gasteiger partial charge >= 0.3 is 7.60 Å². The summed E-state index contributed by atoms with van der Waals surface area (Å²) in [7, 11) is -9.00. The average Bonchev–Trinajstić information content (AvgIpc) is 2.74. The summed E-state index contributed by atoms with van der Waals surface area (Å²) in [5, 5.41) is -3.04. The van der Waals surface area contributed by atoms with E-state index in [9.17, 15) is 17.8 Å². The first kappa shape index (κ1) is 27.4. The number of Topliss-reactive ketones (excluding diaryl/α,β-unsaturated/α-hetero) is 1. The van der Waals surface area contributed by atoms with Crippen LogP contribution in [-0.4, -0.2) is 26.4 Å². The molecule has 0 fully saturated rings. The summed E-state index contributed by atoms with van der Waals surface area (Å²) in [6, 6.07) is 11.3. The van der Waals surface area contributed by atoms with Crippen molar-refractivity contribution >= 4 is 58.2 Å². The maximum Gasteiger partial charge on any atom is 0.362 e. The molecule has 0 spiro atoms. The van der Waals surface area contributed by atoms with Gasteiger partial charge in [-0.1, -0.05) is 59.1 Å². The van der Waals surface area contributed by atoms with E-state index in [1.807, 2.05) is 0 Å². The third-order valence-electron chi connectivity index (χ3n) is 4.79. The van der Waals surface area contributed by atoms with Gasteiger partial charge in [0.05, 0.1) is 22.1 Å². The number of hydrogen-bond acceptors (Lipinski definition) is 6. The van der Waals surface area contributed by atoms with Crippen molar-refractivity contribution in [3.05, 3.63) is 74.7 Å². The molecule has 1 unspecified atom stereocenters. The normalized spacial score (nSPS) is 19.1. The number of sulfonamides is 1. The molecule has 0 aliphatic heterocycles. The topological polar surface area (TPSA) is 98.8 Å². The van der Waals surface area contributed by atoms with Gasteiger partial charge in [-0.2, -0.15) is 4.72 Å². The molecule has 0 saturated carbocycles.